The molecule has 0 fully saturated rings. The average molecular weight is 350 g/mol. The monoisotopic (exact) mass is 350 g/mol. The van der Waals surface area contributed by atoms with E-state index in [1.165, 1.54) is 11.1 Å². The van der Waals surface area contributed by atoms with Gasteiger partial charge < -0.3 is 5.11 Å². The summed E-state index contributed by atoms with van der Waals surface area (Å²) in [5, 5.41) is 9.06. The number of hydrogen-bond acceptors (Lipinski definition) is 2. The topological polar surface area (TPSA) is 54.4 Å². The SMILES string of the molecule is CC(=O)C1CC[C@@H](C)CCc2cc(-c3ccc(C(=O)O)cc3)ccc2C1. The van der Waals surface area contributed by atoms with E-state index in [0.717, 1.165) is 43.2 Å². The summed E-state index contributed by atoms with van der Waals surface area (Å²) in [5.74, 6) is 0.130. The molecule has 26 heavy (non-hydrogen) atoms. The number of carboxylic acids is 1. The lowest BCUT2D eigenvalue weighted by atomic mass is 9.88. The number of carbonyl (C=O) groups is 2. The molecule has 0 saturated heterocycles. The minimum Gasteiger partial charge on any atom is -0.478 e. The maximum absolute atomic E-state index is 12.0. The highest BCUT2D eigenvalue weighted by molar-refractivity contribution is 5.88. The van der Waals surface area contributed by atoms with Crippen LogP contribution in [0.4, 0.5) is 0 Å². The largest absolute Gasteiger partial charge is 0.478 e. The highest BCUT2D eigenvalue weighted by Crippen LogP contribution is 2.30. The van der Waals surface area contributed by atoms with Gasteiger partial charge in [-0.1, -0.05) is 43.7 Å². The Morgan fingerprint density at radius 3 is 2.27 bits per heavy atom. The molecule has 3 nitrogen and oxygen atoms in total. The van der Waals surface area contributed by atoms with E-state index in [0.29, 0.717) is 17.3 Å². The van der Waals surface area contributed by atoms with Crippen LogP contribution in [0.3, 0.4) is 0 Å². The van der Waals surface area contributed by atoms with E-state index < -0.39 is 5.97 Å². The van der Waals surface area contributed by atoms with Crippen molar-refractivity contribution in [2.45, 2.75) is 46.0 Å². The van der Waals surface area contributed by atoms with E-state index in [-0.39, 0.29) is 5.92 Å². The van der Waals surface area contributed by atoms with E-state index in [1.807, 2.05) is 12.1 Å². The minimum atomic E-state index is -0.907. The quantitative estimate of drug-likeness (QED) is 0.831. The van der Waals surface area contributed by atoms with Crippen LogP contribution >= 0.6 is 0 Å². The first-order valence-corrected chi connectivity index (χ1v) is 9.40. The van der Waals surface area contributed by atoms with Gasteiger partial charge in [-0.25, -0.2) is 4.79 Å². The number of aromatic carboxylic acids is 1. The van der Waals surface area contributed by atoms with Gasteiger partial charge in [0.1, 0.15) is 5.78 Å². The van der Waals surface area contributed by atoms with E-state index in [4.69, 9.17) is 5.11 Å². The molecule has 2 aromatic rings. The van der Waals surface area contributed by atoms with Crippen molar-refractivity contribution in [3.05, 3.63) is 59.2 Å². The number of Topliss-reactive ketones (excluding diaryl/α,β-unsaturated/α-hetero) is 1. The normalized spacial score (nSPS) is 20.4. The zero-order valence-electron chi connectivity index (χ0n) is 15.5. The Hall–Kier alpha value is -2.42. The van der Waals surface area contributed by atoms with Crippen molar-refractivity contribution in [1.29, 1.82) is 0 Å². The van der Waals surface area contributed by atoms with Gasteiger partial charge in [0.15, 0.2) is 0 Å². The molecule has 136 valence electrons. The zero-order chi connectivity index (χ0) is 18.7. The molecule has 3 heteroatoms. The van der Waals surface area contributed by atoms with E-state index in [1.54, 1.807) is 19.1 Å². The smallest absolute Gasteiger partial charge is 0.335 e. The Kier molecular flexibility index (Phi) is 5.55. The molecule has 1 N–H and O–H groups in total. The lowest BCUT2D eigenvalue weighted by Crippen LogP contribution is -2.15. The molecule has 0 radical (unpaired) electrons. The van der Waals surface area contributed by atoms with Gasteiger partial charge in [-0.3, -0.25) is 4.79 Å². The molecule has 0 amide bonds. The molecular weight excluding hydrogens is 324 g/mol. The van der Waals surface area contributed by atoms with Crippen LogP contribution in [0.1, 0.15) is 54.6 Å². The van der Waals surface area contributed by atoms with Crippen LogP contribution < -0.4 is 0 Å². The maximum atomic E-state index is 12.0. The van der Waals surface area contributed by atoms with Crippen LogP contribution in [0, 0.1) is 11.8 Å². The van der Waals surface area contributed by atoms with Crippen LogP contribution in [-0.4, -0.2) is 16.9 Å². The second kappa shape index (κ2) is 7.86. The molecule has 2 atom stereocenters. The van der Waals surface area contributed by atoms with Crippen molar-refractivity contribution in [3.8, 4) is 11.1 Å². The number of carbonyl (C=O) groups excluding carboxylic acids is 1. The molecule has 1 aliphatic rings. The van der Waals surface area contributed by atoms with E-state index >= 15 is 0 Å². The second-order valence-corrected chi connectivity index (χ2v) is 7.60. The minimum absolute atomic E-state index is 0.120. The summed E-state index contributed by atoms with van der Waals surface area (Å²) in [6.07, 6.45) is 5.09. The Balaban J connectivity index is 1.93. The average Bonchev–Trinajstić information content (AvgIpc) is 2.71. The molecule has 0 aromatic heterocycles. The Morgan fingerprint density at radius 2 is 1.62 bits per heavy atom. The van der Waals surface area contributed by atoms with Gasteiger partial charge in [-0.15, -0.1) is 0 Å². The highest BCUT2D eigenvalue weighted by Gasteiger charge is 2.20. The van der Waals surface area contributed by atoms with Crippen LogP contribution in [0.5, 0.6) is 0 Å². The number of hydrogen-bond donors (Lipinski definition) is 1. The first-order valence-electron chi connectivity index (χ1n) is 9.40. The summed E-state index contributed by atoms with van der Waals surface area (Å²) >= 11 is 0. The van der Waals surface area contributed by atoms with Crippen LogP contribution in [0.15, 0.2) is 42.5 Å². The molecule has 0 heterocycles. The molecule has 3 rings (SSSR count). The fourth-order valence-corrected chi connectivity index (χ4v) is 3.79. The van der Waals surface area contributed by atoms with Gasteiger partial charge in [-0.2, -0.15) is 0 Å². The molecule has 0 spiro atoms. The lowest BCUT2D eigenvalue weighted by Gasteiger charge is -2.16. The standard InChI is InChI=1S/C23H26O3/c1-15-3-5-19(16(2)24)13-22-12-11-20(14-21(22)6-4-15)17-7-9-18(10-8-17)23(25)26/h7-12,14-15,19H,3-6,13H2,1-2H3,(H,25,26)/t15-,19?/m1/s1. The maximum Gasteiger partial charge on any atom is 0.335 e. The summed E-state index contributed by atoms with van der Waals surface area (Å²) in [6, 6.07) is 13.5. The first kappa shape index (κ1) is 18.4. The number of carboxylic acid groups (broad SMARTS) is 1. The van der Waals surface area contributed by atoms with Crippen LogP contribution in [0.2, 0.25) is 0 Å². The van der Waals surface area contributed by atoms with Gasteiger partial charge in [0.05, 0.1) is 5.56 Å². The number of benzene rings is 2. The van der Waals surface area contributed by atoms with E-state index in [9.17, 15) is 9.59 Å². The summed E-state index contributed by atoms with van der Waals surface area (Å²) in [4.78, 5) is 23.1. The molecular formula is C23H26O3. The third kappa shape index (κ3) is 4.21. The van der Waals surface area contributed by atoms with Gasteiger partial charge in [-0.05, 0) is 72.9 Å². The van der Waals surface area contributed by atoms with Crippen molar-refractivity contribution in [2.75, 3.05) is 0 Å². The molecule has 1 unspecified atom stereocenters. The van der Waals surface area contributed by atoms with Crippen molar-refractivity contribution < 1.29 is 14.7 Å². The van der Waals surface area contributed by atoms with Crippen molar-refractivity contribution in [1.82, 2.24) is 0 Å². The van der Waals surface area contributed by atoms with Gasteiger partial charge >= 0.3 is 5.97 Å². The number of aryl methyl sites for hydroxylation is 1. The van der Waals surface area contributed by atoms with Crippen LogP contribution in [-0.2, 0) is 17.6 Å². The fraction of sp³-hybridized carbons (Fsp3) is 0.391. The van der Waals surface area contributed by atoms with Gasteiger partial charge in [0, 0.05) is 5.92 Å². The van der Waals surface area contributed by atoms with E-state index in [2.05, 4.69) is 25.1 Å². The van der Waals surface area contributed by atoms with Crippen molar-refractivity contribution in [2.24, 2.45) is 11.8 Å². The number of fused-ring (bicyclic) bond motifs is 1. The van der Waals surface area contributed by atoms with Crippen molar-refractivity contribution >= 4 is 11.8 Å². The van der Waals surface area contributed by atoms with Crippen molar-refractivity contribution in [3.63, 3.8) is 0 Å². The second-order valence-electron chi connectivity index (χ2n) is 7.60. The van der Waals surface area contributed by atoms with Gasteiger partial charge in [0.25, 0.3) is 0 Å². The molecule has 0 bridgehead atoms. The molecule has 1 aliphatic carbocycles. The summed E-state index contributed by atoms with van der Waals surface area (Å²) < 4.78 is 0. The summed E-state index contributed by atoms with van der Waals surface area (Å²) in [7, 11) is 0. The Labute approximate surface area is 155 Å². The first-order chi connectivity index (χ1) is 12.4. The van der Waals surface area contributed by atoms with Gasteiger partial charge in [0.2, 0.25) is 0 Å². The molecule has 0 aliphatic heterocycles. The fourth-order valence-electron chi connectivity index (χ4n) is 3.79. The third-order valence-corrected chi connectivity index (χ3v) is 5.63. The Morgan fingerprint density at radius 1 is 0.923 bits per heavy atom. The lowest BCUT2D eigenvalue weighted by molar-refractivity contribution is -0.121. The van der Waals surface area contributed by atoms with Crippen LogP contribution in [0.25, 0.3) is 11.1 Å². The number of ketones is 1. The number of rotatable bonds is 3. The highest BCUT2D eigenvalue weighted by atomic mass is 16.4. The predicted octanol–water partition coefficient (Wildman–Crippen LogP) is 5.16. The predicted molar refractivity (Wildman–Crippen MR) is 103 cm³/mol. The summed E-state index contributed by atoms with van der Waals surface area (Å²) in [6.45, 7) is 3.99. The molecule has 0 saturated carbocycles. The Bertz CT molecular complexity index is 805. The summed E-state index contributed by atoms with van der Waals surface area (Å²) in [5.41, 5.74) is 5.03. The third-order valence-electron chi connectivity index (χ3n) is 5.63. The zero-order valence-corrected chi connectivity index (χ0v) is 15.5. The molecule has 2 aromatic carbocycles.